The highest BCUT2D eigenvalue weighted by Gasteiger charge is 2.32. The predicted octanol–water partition coefficient (Wildman–Crippen LogP) is 3.55. The Hall–Kier alpha value is -1.13. The maximum atomic E-state index is 13.0. The SMILES string of the molecule is CCC1CCN(Cc2ccc(F)cc2Cl)C(C(=O)O)C1. The van der Waals surface area contributed by atoms with Crippen LogP contribution in [0.15, 0.2) is 18.2 Å². The Kier molecular flexibility index (Phi) is 5.00. The largest absolute Gasteiger partial charge is 0.480 e. The normalized spacial score (nSPS) is 23.8. The molecule has 1 heterocycles. The number of carbonyl (C=O) groups is 1. The van der Waals surface area contributed by atoms with Crippen LogP contribution in [0.25, 0.3) is 0 Å². The Morgan fingerprint density at radius 3 is 2.90 bits per heavy atom. The molecule has 20 heavy (non-hydrogen) atoms. The Labute approximate surface area is 123 Å². The molecule has 0 spiro atoms. The molecule has 5 heteroatoms. The van der Waals surface area contributed by atoms with Crippen molar-refractivity contribution < 1.29 is 14.3 Å². The highest BCUT2D eigenvalue weighted by atomic mass is 35.5. The first-order chi connectivity index (χ1) is 9.51. The van der Waals surface area contributed by atoms with Gasteiger partial charge in [0.25, 0.3) is 0 Å². The van der Waals surface area contributed by atoms with E-state index in [0.29, 0.717) is 23.9 Å². The molecule has 1 N–H and O–H groups in total. The van der Waals surface area contributed by atoms with Crippen LogP contribution in [0.4, 0.5) is 4.39 Å². The van der Waals surface area contributed by atoms with E-state index >= 15 is 0 Å². The summed E-state index contributed by atoms with van der Waals surface area (Å²) in [5.41, 5.74) is 0.772. The molecular formula is C15H19ClFNO2. The van der Waals surface area contributed by atoms with Crippen molar-refractivity contribution in [2.75, 3.05) is 6.54 Å². The maximum Gasteiger partial charge on any atom is 0.320 e. The lowest BCUT2D eigenvalue weighted by Gasteiger charge is -2.37. The van der Waals surface area contributed by atoms with Crippen LogP contribution in [-0.2, 0) is 11.3 Å². The quantitative estimate of drug-likeness (QED) is 0.924. The first kappa shape index (κ1) is 15.3. The molecule has 1 aliphatic rings. The van der Waals surface area contributed by atoms with E-state index in [2.05, 4.69) is 6.92 Å². The van der Waals surface area contributed by atoms with Gasteiger partial charge in [0.1, 0.15) is 11.9 Å². The van der Waals surface area contributed by atoms with Gasteiger partial charge in [-0.05, 0) is 43.0 Å². The van der Waals surface area contributed by atoms with Crippen molar-refractivity contribution in [2.45, 2.75) is 38.8 Å². The second kappa shape index (κ2) is 6.55. The molecule has 2 unspecified atom stereocenters. The Balaban J connectivity index is 2.12. The summed E-state index contributed by atoms with van der Waals surface area (Å²) < 4.78 is 13.0. The van der Waals surface area contributed by atoms with E-state index < -0.39 is 12.0 Å². The van der Waals surface area contributed by atoms with Crippen LogP contribution >= 0.6 is 11.6 Å². The van der Waals surface area contributed by atoms with Crippen LogP contribution in [0.5, 0.6) is 0 Å². The van der Waals surface area contributed by atoms with Gasteiger partial charge in [-0.15, -0.1) is 0 Å². The van der Waals surface area contributed by atoms with Gasteiger partial charge in [0, 0.05) is 11.6 Å². The maximum absolute atomic E-state index is 13.0. The number of hydrogen-bond acceptors (Lipinski definition) is 2. The van der Waals surface area contributed by atoms with Gasteiger partial charge >= 0.3 is 5.97 Å². The van der Waals surface area contributed by atoms with Gasteiger partial charge in [-0.3, -0.25) is 9.69 Å². The van der Waals surface area contributed by atoms with Crippen molar-refractivity contribution in [1.82, 2.24) is 4.90 Å². The number of carboxylic acids is 1. The number of piperidine rings is 1. The Morgan fingerprint density at radius 2 is 2.30 bits per heavy atom. The zero-order valence-corrected chi connectivity index (χ0v) is 12.2. The number of aliphatic carboxylic acids is 1. The molecule has 0 saturated carbocycles. The Bertz CT molecular complexity index is 495. The third kappa shape index (κ3) is 3.49. The second-order valence-electron chi connectivity index (χ2n) is 5.36. The van der Waals surface area contributed by atoms with Crippen LogP contribution in [0, 0.1) is 11.7 Å². The van der Waals surface area contributed by atoms with Gasteiger partial charge in [0.15, 0.2) is 0 Å². The lowest BCUT2D eigenvalue weighted by Crippen LogP contribution is -2.46. The monoisotopic (exact) mass is 299 g/mol. The summed E-state index contributed by atoms with van der Waals surface area (Å²) in [6, 6.07) is 3.78. The topological polar surface area (TPSA) is 40.5 Å². The summed E-state index contributed by atoms with van der Waals surface area (Å²) in [6.45, 7) is 3.28. The molecule has 1 aromatic carbocycles. The zero-order chi connectivity index (χ0) is 14.7. The fourth-order valence-electron chi connectivity index (χ4n) is 2.77. The molecule has 1 aliphatic heterocycles. The zero-order valence-electron chi connectivity index (χ0n) is 11.5. The molecular weight excluding hydrogens is 281 g/mol. The van der Waals surface area contributed by atoms with Gasteiger partial charge < -0.3 is 5.11 Å². The van der Waals surface area contributed by atoms with Gasteiger partial charge in [0.05, 0.1) is 0 Å². The number of carboxylic acid groups (broad SMARTS) is 1. The molecule has 3 nitrogen and oxygen atoms in total. The fraction of sp³-hybridized carbons (Fsp3) is 0.533. The van der Waals surface area contributed by atoms with Crippen molar-refractivity contribution in [3.8, 4) is 0 Å². The smallest absolute Gasteiger partial charge is 0.320 e. The summed E-state index contributed by atoms with van der Waals surface area (Å²) in [5, 5.41) is 9.73. The molecule has 0 radical (unpaired) electrons. The Morgan fingerprint density at radius 1 is 1.55 bits per heavy atom. The lowest BCUT2D eigenvalue weighted by molar-refractivity contribution is -0.145. The van der Waals surface area contributed by atoms with E-state index in [1.807, 2.05) is 4.90 Å². The third-order valence-corrected chi connectivity index (χ3v) is 4.42. The van der Waals surface area contributed by atoms with E-state index in [1.165, 1.54) is 12.1 Å². The second-order valence-corrected chi connectivity index (χ2v) is 5.77. The number of hydrogen-bond donors (Lipinski definition) is 1. The lowest BCUT2D eigenvalue weighted by atomic mass is 9.88. The predicted molar refractivity (Wildman–Crippen MR) is 76.3 cm³/mol. The highest BCUT2D eigenvalue weighted by molar-refractivity contribution is 6.31. The molecule has 1 aromatic rings. The number of likely N-dealkylation sites (tertiary alicyclic amines) is 1. The van der Waals surface area contributed by atoms with Crippen LogP contribution in [0.3, 0.4) is 0 Å². The van der Waals surface area contributed by atoms with E-state index in [0.717, 1.165) is 24.9 Å². The van der Waals surface area contributed by atoms with Gasteiger partial charge in [0.2, 0.25) is 0 Å². The van der Waals surface area contributed by atoms with Crippen molar-refractivity contribution in [2.24, 2.45) is 5.92 Å². The van der Waals surface area contributed by atoms with E-state index in [1.54, 1.807) is 6.07 Å². The highest BCUT2D eigenvalue weighted by Crippen LogP contribution is 2.28. The van der Waals surface area contributed by atoms with Crippen LogP contribution in [0.2, 0.25) is 5.02 Å². The minimum Gasteiger partial charge on any atom is -0.480 e. The summed E-state index contributed by atoms with van der Waals surface area (Å²) in [4.78, 5) is 13.3. The minimum absolute atomic E-state index is 0.353. The van der Waals surface area contributed by atoms with Crippen molar-refractivity contribution in [3.63, 3.8) is 0 Å². The molecule has 110 valence electrons. The molecule has 2 atom stereocenters. The molecule has 1 fully saturated rings. The van der Waals surface area contributed by atoms with E-state index in [-0.39, 0.29) is 5.82 Å². The number of nitrogens with zero attached hydrogens (tertiary/aromatic N) is 1. The standard InChI is InChI=1S/C15H19ClFNO2/c1-2-10-5-6-18(14(7-10)15(19)20)9-11-3-4-12(17)8-13(11)16/h3-4,8,10,14H,2,5-7,9H2,1H3,(H,19,20). The molecule has 0 aromatic heterocycles. The van der Waals surface area contributed by atoms with Crippen molar-refractivity contribution >= 4 is 17.6 Å². The van der Waals surface area contributed by atoms with E-state index in [9.17, 15) is 14.3 Å². The summed E-state index contributed by atoms with van der Waals surface area (Å²) in [6.07, 6.45) is 2.68. The first-order valence-corrected chi connectivity index (χ1v) is 7.29. The van der Waals surface area contributed by atoms with Crippen LogP contribution < -0.4 is 0 Å². The molecule has 0 aliphatic carbocycles. The first-order valence-electron chi connectivity index (χ1n) is 6.92. The number of rotatable bonds is 4. The molecule has 2 rings (SSSR count). The summed E-state index contributed by atoms with van der Waals surface area (Å²) in [7, 11) is 0. The number of halogens is 2. The van der Waals surface area contributed by atoms with E-state index in [4.69, 9.17) is 11.6 Å². The molecule has 0 bridgehead atoms. The number of benzene rings is 1. The minimum atomic E-state index is -0.790. The average Bonchev–Trinajstić information content (AvgIpc) is 2.42. The summed E-state index contributed by atoms with van der Waals surface area (Å²) >= 11 is 6.02. The molecule has 1 saturated heterocycles. The van der Waals surface area contributed by atoms with Gasteiger partial charge in [-0.25, -0.2) is 4.39 Å². The summed E-state index contributed by atoms with van der Waals surface area (Å²) in [5.74, 6) is -0.698. The van der Waals surface area contributed by atoms with Crippen LogP contribution in [-0.4, -0.2) is 28.6 Å². The molecule has 0 amide bonds. The van der Waals surface area contributed by atoms with Gasteiger partial charge in [-0.1, -0.05) is 31.0 Å². The fourth-order valence-corrected chi connectivity index (χ4v) is 3.00. The average molecular weight is 300 g/mol. The third-order valence-electron chi connectivity index (χ3n) is 4.07. The van der Waals surface area contributed by atoms with Crippen LogP contribution in [0.1, 0.15) is 31.7 Å². The van der Waals surface area contributed by atoms with Gasteiger partial charge in [-0.2, -0.15) is 0 Å². The van der Waals surface area contributed by atoms with Crippen molar-refractivity contribution in [1.29, 1.82) is 0 Å². The van der Waals surface area contributed by atoms with Crippen molar-refractivity contribution in [3.05, 3.63) is 34.6 Å².